The third kappa shape index (κ3) is 2.35. The molecular weight excluding hydrogens is 292 g/mol. The van der Waals surface area contributed by atoms with E-state index in [0.717, 1.165) is 23.3 Å². The average Bonchev–Trinajstić information content (AvgIpc) is 2.92. The van der Waals surface area contributed by atoms with Gasteiger partial charge >= 0.3 is 0 Å². The lowest BCUT2D eigenvalue weighted by atomic mass is 10.1. The summed E-state index contributed by atoms with van der Waals surface area (Å²) in [7, 11) is -2.91. The van der Waals surface area contributed by atoms with E-state index < -0.39 is 9.84 Å². The highest BCUT2D eigenvalue weighted by Gasteiger charge is 2.31. The molecule has 1 aromatic heterocycles. The lowest BCUT2D eigenvalue weighted by Crippen LogP contribution is -2.04. The van der Waals surface area contributed by atoms with Crippen LogP contribution in [0.5, 0.6) is 11.5 Å². The number of rotatable bonds is 1. The van der Waals surface area contributed by atoms with Crippen LogP contribution in [0.1, 0.15) is 24.6 Å². The molecule has 1 saturated heterocycles. The molecule has 0 saturated carbocycles. The topological polar surface area (TPSA) is 81.3 Å². The number of nitrogens with zero attached hydrogens (tertiary/aromatic N) is 1. The number of hydrogen-bond acceptors (Lipinski definition) is 5. The Labute approximate surface area is 122 Å². The lowest BCUT2D eigenvalue weighted by molar-refractivity contribution is 0.297. The first kappa shape index (κ1) is 12.9. The number of fused-ring (bicyclic) bond motifs is 2. The highest BCUT2D eigenvalue weighted by molar-refractivity contribution is 7.91. The van der Waals surface area contributed by atoms with Crippen molar-refractivity contribution in [3.8, 4) is 11.5 Å². The zero-order valence-electron chi connectivity index (χ0n) is 11.5. The number of ether oxygens (including phenoxy) is 2. The molecule has 0 spiro atoms. The Bertz CT molecular complexity index is 754. The molecular formula is C14H16N2O4S. The first-order chi connectivity index (χ1) is 10.1. The fourth-order valence-electron chi connectivity index (χ4n) is 2.89. The maximum absolute atomic E-state index is 11.6. The van der Waals surface area contributed by atoms with Crippen molar-refractivity contribution in [2.24, 2.45) is 0 Å². The summed E-state index contributed by atoms with van der Waals surface area (Å²) < 4.78 is 34.5. The SMILES string of the molecule is O=S1(=O)CCC(c2nc3cc4c(cc3[nH]2)OCCCO4)C1. The monoisotopic (exact) mass is 308 g/mol. The molecule has 21 heavy (non-hydrogen) atoms. The van der Waals surface area contributed by atoms with E-state index in [2.05, 4.69) is 9.97 Å². The summed E-state index contributed by atoms with van der Waals surface area (Å²) in [6, 6.07) is 3.75. The predicted molar refractivity (Wildman–Crippen MR) is 77.7 cm³/mol. The normalized spacial score (nSPS) is 24.1. The van der Waals surface area contributed by atoms with E-state index in [9.17, 15) is 8.42 Å². The van der Waals surface area contributed by atoms with E-state index in [1.807, 2.05) is 12.1 Å². The summed E-state index contributed by atoms with van der Waals surface area (Å²) in [4.78, 5) is 7.78. The van der Waals surface area contributed by atoms with Gasteiger partial charge < -0.3 is 14.5 Å². The first-order valence-corrected chi connectivity index (χ1v) is 8.92. The molecule has 6 nitrogen and oxygen atoms in total. The van der Waals surface area contributed by atoms with Gasteiger partial charge in [-0.1, -0.05) is 0 Å². The molecule has 0 amide bonds. The van der Waals surface area contributed by atoms with Gasteiger partial charge in [-0.15, -0.1) is 0 Å². The van der Waals surface area contributed by atoms with Crippen LogP contribution in [0, 0.1) is 0 Å². The second-order valence-corrected chi connectivity index (χ2v) is 7.82. The molecule has 4 rings (SSSR count). The zero-order valence-corrected chi connectivity index (χ0v) is 12.3. The maximum Gasteiger partial charge on any atom is 0.163 e. The number of aromatic nitrogens is 2. The van der Waals surface area contributed by atoms with Gasteiger partial charge in [-0.25, -0.2) is 13.4 Å². The van der Waals surface area contributed by atoms with E-state index >= 15 is 0 Å². The summed E-state index contributed by atoms with van der Waals surface area (Å²) in [6.07, 6.45) is 1.50. The Hall–Kier alpha value is -1.76. The van der Waals surface area contributed by atoms with Crippen molar-refractivity contribution in [2.75, 3.05) is 24.7 Å². The van der Waals surface area contributed by atoms with Gasteiger partial charge in [-0.05, 0) is 6.42 Å². The van der Waals surface area contributed by atoms with Gasteiger partial charge in [0.15, 0.2) is 21.3 Å². The molecule has 0 aliphatic carbocycles. The second-order valence-electron chi connectivity index (χ2n) is 5.59. The molecule has 2 aliphatic heterocycles. The third-order valence-corrected chi connectivity index (χ3v) is 5.76. The molecule has 3 heterocycles. The molecule has 1 unspecified atom stereocenters. The summed E-state index contributed by atoms with van der Waals surface area (Å²) in [6.45, 7) is 1.27. The smallest absolute Gasteiger partial charge is 0.163 e. The van der Waals surface area contributed by atoms with Gasteiger partial charge in [-0.3, -0.25) is 0 Å². The second kappa shape index (κ2) is 4.62. The van der Waals surface area contributed by atoms with Gasteiger partial charge in [0.05, 0.1) is 35.8 Å². The molecule has 1 atom stereocenters. The maximum atomic E-state index is 11.6. The number of sulfone groups is 1. The molecule has 7 heteroatoms. The Kier molecular flexibility index (Phi) is 2.85. The Morgan fingerprint density at radius 3 is 2.67 bits per heavy atom. The van der Waals surface area contributed by atoms with Crippen LogP contribution in [0.2, 0.25) is 0 Å². The molecule has 0 radical (unpaired) electrons. The van der Waals surface area contributed by atoms with Gasteiger partial charge in [0.25, 0.3) is 0 Å². The van der Waals surface area contributed by atoms with Crippen LogP contribution in [0.4, 0.5) is 0 Å². The van der Waals surface area contributed by atoms with E-state index in [-0.39, 0.29) is 17.4 Å². The van der Waals surface area contributed by atoms with Crippen LogP contribution >= 0.6 is 0 Å². The van der Waals surface area contributed by atoms with Crippen molar-refractivity contribution in [2.45, 2.75) is 18.8 Å². The number of H-pyrrole nitrogens is 1. The number of imidazole rings is 1. The minimum Gasteiger partial charge on any atom is -0.489 e. The quantitative estimate of drug-likeness (QED) is 0.866. The largest absolute Gasteiger partial charge is 0.489 e. The van der Waals surface area contributed by atoms with Crippen LogP contribution in [0.15, 0.2) is 12.1 Å². The Balaban J connectivity index is 1.73. The third-order valence-electron chi connectivity index (χ3n) is 3.99. The van der Waals surface area contributed by atoms with E-state index in [1.54, 1.807) is 0 Å². The molecule has 2 aromatic rings. The standard InChI is InChI=1S/C14H16N2O4S/c17-21(18)5-2-9(8-21)14-15-10-6-12-13(7-11(10)16-14)20-4-1-3-19-12/h6-7,9H,1-5,8H2,(H,15,16). The average molecular weight is 308 g/mol. The zero-order chi connectivity index (χ0) is 14.4. The van der Waals surface area contributed by atoms with Gasteiger partial charge in [0.1, 0.15) is 5.82 Å². The molecule has 112 valence electrons. The number of benzene rings is 1. The summed E-state index contributed by atoms with van der Waals surface area (Å²) in [5, 5.41) is 0. The molecule has 1 N–H and O–H groups in total. The van der Waals surface area contributed by atoms with Crippen LogP contribution in [-0.4, -0.2) is 43.1 Å². The van der Waals surface area contributed by atoms with Crippen molar-refractivity contribution < 1.29 is 17.9 Å². The van der Waals surface area contributed by atoms with Crippen LogP contribution in [0.3, 0.4) is 0 Å². The fraction of sp³-hybridized carbons (Fsp3) is 0.500. The predicted octanol–water partition coefficient (Wildman–Crippen LogP) is 1.63. The summed E-state index contributed by atoms with van der Waals surface area (Å²) in [5.74, 6) is 2.55. The number of hydrogen-bond donors (Lipinski definition) is 1. The van der Waals surface area contributed by atoms with Crippen molar-refractivity contribution in [3.63, 3.8) is 0 Å². The van der Waals surface area contributed by atoms with Crippen LogP contribution in [-0.2, 0) is 9.84 Å². The van der Waals surface area contributed by atoms with Crippen molar-refractivity contribution in [1.29, 1.82) is 0 Å². The van der Waals surface area contributed by atoms with Crippen LogP contribution in [0.25, 0.3) is 11.0 Å². The van der Waals surface area contributed by atoms with E-state index in [1.165, 1.54) is 0 Å². The molecule has 1 fully saturated rings. The molecule has 2 aliphatic rings. The number of aromatic amines is 1. The van der Waals surface area contributed by atoms with Gasteiger partial charge in [-0.2, -0.15) is 0 Å². The first-order valence-electron chi connectivity index (χ1n) is 7.10. The van der Waals surface area contributed by atoms with Crippen molar-refractivity contribution in [1.82, 2.24) is 9.97 Å². The fourth-order valence-corrected chi connectivity index (χ4v) is 4.64. The minimum absolute atomic E-state index is 0.0379. The van der Waals surface area contributed by atoms with E-state index in [0.29, 0.717) is 31.1 Å². The number of nitrogens with one attached hydrogen (secondary N) is 1. The lowest BCUT2D eigenvalue weighted by Gasteiger charge is -2.05. The molecule has 1 aromatic carbocycles. The van der Waals surface area contributed by atoms with Crippen molar-refractivity contribution in [3.05, 3.63) is 18.0 Å². The van der Waals surface area contributed by atoms with Crippen LogP contribution < -0.4 is 9.47 Å². The highest BCUT2D eigenvalue weighted by atomic mass is 32.2. The Morgan fingerprint density at radius 1 is 1.19 bits per heavy atom. The Morgan fingerprint density at radius 2 is 1.95 bits per heavy atom. The van der Waals surface area contributed by atoms with Gasteiger partial charge in [0, 0.05) is 24.5 Å². The van der Waals surface area contributed by atoms with Crippen molar-refractivity contribution >= 4 is 20.9 Å². The van der Waals surface area contributed by atoms with Gasteiger partial charge in [0.2, 0.25) is 0 Å². The molecule has 0 bridgehead atoms. The van der Waals surface area contributed by atoms with E-state index in [4.69, 9.17) is 9.47 Å². The minimum atomic E-state index is -2.91. The summed E-state index contributed by atoms with van der Waals surface area (Å²) in [5.41, 5.74) is 1.65. The summed E-state index contributed by atoms with van der Waals surface area (Å²) >= 11 is 0. The highest BCUT2D eigenvalue weighted by Crippen LogP contribution is 2.35.